The molecule has 2 amide bonds. The molecule has 1 aromatic carbocycles. The van der Waals surface area contributed by atoms with E-state index in [2.05, 4.69) is 10.4 Å². The minimum absolute atomic E-state index is 0.141. The fourth-order valence-corrected chi connectivity index (χ4v) is 3.35. The molecule has 0 radical (unpaired) electrons. The molecule has 28 heavy (non-hydrogen) atoms. The highest BCUT2D eigenvalue weighted by Gasteiger charge is 2.29. The number of nitrogens with one attached hydrogen (secondary N) is 1. The zero-order valence-electron chi connectivity index (χ0n) is 16.5. The van der Waals surface area contributed by atoms with E-state index >= 15 is 0 Å². The van der Waals surface area contributed by atoms with Crippen LogP contribution in [0.4, 0.5) is 4.79 Å². The van der Waals surface area contributed by atoms with E-state index in [9.17, 15) is 9.59 Å². The minimum Gasteiger partial charge on any atom is -0.497 e. The van der Waals surface area contributed by atoms with Gasteiger partial charge in [0.15, 0.2) is 5.69 Å². The van der Waals surface area contributed by atoms with Gasteiger partial charge in [-0.25, -0.2) is 9.59 Å². The fraction of sp³-hybridized carbons (Fsp3) is 0.450. The van der Waals surface area contributed by atoms with Crippen molar-refractivity contribution >= 4 is 12.0 Å². The maximum absolute atomic E-state index is 12.6. The predicted octanol–water partition coefficient (Wildman–Crippen LogP) is 1.92. The Balaban J connectivity index is 1.58. The van der Waals surface area contributed by atoms with Gasteiger partial charge < -0.3 is 19.7 Å². The number of nitrogens with zero attached hydrogens (tertiary/aromatic N) is 3. The van der Waals surface area contributed by atoms with E-state index in [1.54, 1.807) is 30.7 Å². The summed E-state index contributed by atoms with van der Waals surface area (Å²) < 4.78 is 11.8. The first-order valence-corrected chi connectivity index (χ1v) is 9.41. The Bertz CT molecular complexity index is 845. The second-order valence-corrected chi connectivity index (χ2v) is 6.62. The molecule has 0 bridgehead atoms. The van der Waals surface area contributed by atoms with Crippen molar-refractivity contribution in [2.45, 2.75) is 26.3 Å². The fourth-order valence-electron chi connectivity index (χ4n) is 3.35. The zero-order chi connectivity index (χ0) is 20.1. The Kier molecular flexibility index (Phi) is 6.18. The van der Waals surface area contributed by atoms with Crippen LogP contribution in [0.3, 0.4) is 0 Å². The van der Waals surface area contributed by atoms with Crippen molar-refractivity contribution in [3.63, 3.8) is 0 Å². The number of rotatable bonds is 6. The van der Waals surface area contributed by atoms with Crippen LogP contribution in [0.25, 0.3) is 0 Å². The number of amides is 2. The predicted molar refractivity (Wildman–Crippen MR) is 103 cm³/mol. The van der Waals surface area contributed by atoms with Crippen molar-refractivity contribution < 1.29 is 19.1 Å². The molecule has 150 valence electrons. The van der Waals surface area contributed by atoms with Crippen LogP contribution in [-0.2, 0) is 31.2 Å². The molecule has 0 atom stereocenters. The lowest BCUT2D eigenvalue weighted by Crippen LogP contribution is -2.43. The van der Waals surface area contributed by atoms with Crippen LogP contribution in [0.15, 0.2) is 24.3 Å². The summed E-state index contributed by atoms with van der Waals surface area (Å²) in [5, 5.41) is 7.36. The summed E-state index contributed by atoms with van der Waals surface area (Å²) in [7, 11) is 3.36. The number of hydrogen-bond acceptors (Lipinski definition) is 5. The topological polar surface area (TPSA) is 85.7 Å². The van der Waals surface area contributed by atoms with Crippen molar-refractivity contribution in [3.8, 4) is 5.75 Å². The molecule has 0 saturated heterocycles. The number of benzene rings is 1. The van der Waals surface area contributed by atoms with Gasteiger partial charge in [0.2, 0.25) is 0 Å². The van der Waals surface area contributed by atoms with Crippen molar-refractivity contribution in [2.24, 2.45) is 7.05 Å². The number of ether oxygens (including phenoxy) is 2. The first kappa shape index (κ1) is 19.7. The summed E-state index contributed by atoms with van der Waals surface area (Å²) in [6.45, 7) is 3.52. The van der Waals surface area contributed by atoms with Crippen LogP contribution in [0, 0.1) is 0 Å². The minimum atomic E-state index is -0.402. The Labute approximate surface area is 164 Å². The van der Waals surface area contributed by atoms with E-state index in [0.29, 0.717) is 38.4 Å². The number of carbonyl (C=O) groups excluding carboxylic acids is 2. The molecule has 0 unspecified atom stereocenters. The number of esters is 1. The molecular formula is C20H26N4O4. The Morgan fingerprint density at radius 1 is 1.25 bits per heavy atom. The standard InChI is InChI=1S/C20H26N4O4/c1-4-28-19(25)18-16-13-24(12-10-17(16)22-23(18)2)20(26)21-11-9-14-5-7-15(27-3)8-6-14/h5-8H,4,9-13H2,1-3H3,(H,21,26). The van der Waals surface area contributed by atoms with Crippen molar-refractivity contribution in [3.05, 3.63) is 46.8 Å². The summed E-state index contributed by atoms with van der Waals surface area (Å²) in [4.78, 5) is 26.5. The zero-order valence-corrected chi connectivity index (χ0v) is 16.5. The van der Waals surface area contributed by atoms with Crippen LogP contribution in [0.5, 0.6) is 5.75 Å². The molecule has 8 heteroatoms. The van der Waals surface area contributed by atoms with Crippen LogP contribution in [0.1, 0.15) is 34.2 Å². The van der Waals surface area contributed by atoms with E-state index in [-0.39, 0.29) is 6.03 Å². The highest BCUT2D eigenvalue weighted by molar-refractivity contribution is 5.90. The van der Waals surface area contributed by atoms with E-state index < -0.39 is 5.97 Å². The van der Waals surface area contributed by atoms with Gasteiger partial charge in [-0.05, 0) is 31.0 Å². The molecule has 0 aliphatic carbocycles. The highest BCUT2D eigenvalue weighted by atomic mass is 16.5. The maximum atomic E-state index is 12.6. The lowest BCUT2D eigenvalue weighted by molar-refractivity contribution is 0.0511. The molecule has 1 aliphatic rings. The van der Waals surface area contributed by atoms with Crippen LogP contribution >= 0.6 is 0 Å². The third kappa shape index (κ3) is 4.27. The second kappa shape index (κ2) is 8.77. The van der Waals surface area contributed by atoms with Gasteiger partial charge in [0.05, 0.1) is 26.0 Å². The van der Waals surface area contributed by atoms with Gasteiger partial charge in [-0.1, -0.05) is 12.1 Å². The molecule has 2 heterocycles. The summed E-state index contributed by atoms with van der Waals surface area (Å²) in [5.74, 6) is 0.409. The van der Waals surface area contributed by atoms with E-state index in [0.717, 1.165) is 29.0 Å². The average Bonchev–Trinajstić information content (AvgIpc) is 3.03. The molecule has 8 nitrogen and oxygen atoms in total. The summed E-state index contributed by atoms with van der Waals surface area (Å²) >= 11 is 0. The molecule has 0 spiro atoms. The van der Waals surface area contributed by atoms with Gasteiger partial charge in [-0.3, -0.25) is 4.68 Å². The van der Waals surface area contributed by atoms with E-state index in [1.807, 2.05) is 24.3 Å². The lowest BCUT2D eigenvalue weighted by Gasteiger charge is -2.27. The van der Waals surface area contributed by atoms with Gasteiger partial charge in [0.1, 0.15) is 5.75 Å². The van der Waals surface area contributed by atoms with Crippen LogP contribution < -0.4 is 10.1 Å². The lowest BCUT2D eigenvalue weighted by atomic mass is 10.1. The summed E-state index contributed by atoms with van der Waals surface area (Å²) in [5.41, 5.74) is 3.18. The highest BCUT2D eigenvalue weighted by Crippen LogP contribution is 2.22. The third-order valence-electron chi connectivity index (χ3n) is 4.80. The van der Waals surface area contributed by atoms with Gasteiger partial charge in [-0.15, -0.1) is 0 Å². The first-order valence-electron chi connectivity index (χ1n) is 9.41. The molecular weight excluding hydrogens is 360 g/mol. The SMILES string of the molecule is CCOC(=O)c1c2c(nn1C)CCN(C(=O)NCCc1ccc(OC)cc1)C2. The molecule has 0 saturated carbocycles. The van der Waals surface area contributed by atoms with Gasteiger partial charge in [0.25, 0.3) is 0 Å². The van der Waals surface area contributed by atoms with Crippen molar-refractivity contribution in [1.82, 2.24) is 20.0 Å². The van der Waals surface area contributed by atoms with Gasteiger partial charge in [0, 0.05) is 32.1 Å². The molecule has 2 aromatic rings. The van der Waals surface area contributed by atoms with E-state index in [4.69, 9.17) is 9.47 Å². The Hall–Kier alpha value is -3.03. The average molecular weight is 386 g/mol. The number of hydrogen-bond donors (Lipinski definition) is 1. The molecule has 1 N–H and O–H groups in total. The summed E-state index contributed by atoms with van der Waals surface area (Å²) in [6.07, 6.45) is 1.35. The second-order valence-electron chi connectivity index (χ2n) is 6.62. The molecule has 0 fully saturated rings. The van der Waals surface area contributed by atoms with Crippen molar-refractivity contribution in [1.29, 1.82) is 0 Å². The summed E-state index contributed by atoms with van der Waals surface area (Å²) in [6, 6.07) is 7.64. The smallest absolute Gasteiger partial charge is 0.356 e. The van der Waals surface area contributed by atoms with Gasteiger partial charge >= 0.3 is 12.0 Å². The molecule has 3 rings (SSSR count). The third-order valence-corrected chi connectivity index (χ3v) is 4.80. The Morgan fingerprint density at radius 3 is 2.68 bits per heavy atom. The monoisotopic (exact) mass is 386 g/mol. The first-order chi connectivity index (χ1) is 13.5. The molecule has 1 aromatic heterocycles. The number of methoxy groups -OCH3 is 1. The normalized spacial score (nSPS) is 13.0. The van der Waals surface area contributed by atoms with Crippen LogP contribution in [0.2, 0.25) is 0 Å². The number of carbonyl (C=O) groups is 2. The Morgan fingerprint density at radius 2 is 2.00 bits per heavy atom. The number of urea groups is 1. The number of aromatic nitrogens is 2. The van der Waals surface area contributed by atoms with E-state index in [1.165, 1.54) is 0 Å². The number of aryl methyl sites for hydroxylation is 1. The van der Waals surface area contributed by atoms with Gasteiger partial charge in [-0.2, -0.15) is 5.10 Å². The number of fused-ring (bicyclic) bond motifs is 1. The van der Waals surface area contributed by atoms with Crippen LogP contribution in [-0.4, -0.2) is 53.5 Å². The maximum Gasteiger partial charge on any atom is 0.356 e. The van der Waals surface area contributed by atoms with Crippen molar-refractivity contribution in [2.75, 3.05) is 26.8 Å². The molecule has 1 aliphatic heterocycles. The largest absolute Gasteiger partial charge is 0.497 e. The quantitative estimate of drug-likeness (QED) is 0.767.